The van der Waals surface area contributed by atoms with Gasteiger partial charge in [0.2, 0.25) is 0 Å². The Labute approximate surface area is 145 Å². The molecular formula is C21H16N4. The molecule has 4 heteroatoms. The molecule has 25 heavy (non-hydrogen) atoms. The number of nitrogens with one attached hydrogen (secondary N) is 1. The highest BCUT2D eigenvalue weighted by atomic mass is 14.9. The van der Waals surface area contributed by atoms with Crippen LogP contribution in [0.4, 0.5) is 5.69 Å². The maximum Gasteiger partial charge on any atom is 0.103 e. The van der Waals surface area contributed by atoms with Crippen LogP contribution in [-0.4, -0.2) is 16.5 Å². The number of pyridine rings is 2. The lowest BCUT2D eigenvalue weighted by atomic mass is 10.0. The zero-order valence-corrected chi connectivity index (χ0v) is 13.6. The Morgan fingerprint density at radius 2 is 1.88 bits per heavy atom. The number of fused-ring (bicyclic) bond motifs is 2. The SMILES string of the molecule is N#Cc1cnc2cnccc2c1NCCc1ccc2ccccc2c1. The average Bonchev–Trinajstić information content (AvgIpc) is 2.68. The Balaban J connectivity index is 1.56. The van der Waals surface area contributed by atoms with Gasteiger partial charge in [0.15, 0.2) is 0 Å². The molecule has 2 aromatic heterocycles. The first kappa shape index (κ1) is 15.1. The van der Waals surface area contributed by atoms with Gasteiger partial charge in [-0.3, -0.25) is 9.97 Å². The summed E-state index contributed by atoms with van der Waals surface area (Å²) in [5.74, 6) is 0. The highest BCUT2D eigenvalue weighted by molar-refractivity contribution is 5.93. The molecule has 0 unspecified atom stereocenters. The smallest absolute Gasteiger partial charge is 0.103 e. The second kappa shape index (κ2) is 6.58. The van der Waals surface area contributed by atoms with E-state index in [1.807, 2.05) is 6.07 Å². The first-order chi connectivity index (χ1) is 12.3. The number of aromatic nitrogens is 2. The average molecular weight is 324 g/mol. The van der Waals surface area contributed by atoms with E-state index in [0.29, 0.717) is 5.56 Å². The lowest BCUT2D eigenvalue weighted by molar-refractivity contribution is 1.02. The first-order valence-electron chi connectivity index (χ1n) is 8.19. The fourth-order valence-electron chi connectivity index (χ4n) is 3.05. The van der Waals surface area contributed by atoms with E-state index in [-0.39, 0.29) is 0 Å². The van der Waals surface area contributed by atoms with Crippen LogP contribution in [-0.2, 0) is 6.42 Å². The molecule has 0 saturated heterocycles. The van der Waals surface area contributed by atoms with E-state index in [9.17, 15) is 5.26 Å². The van der Waals surface area contributed by atoms with Gasteiger partial charge in [-0.15, -0.1) is 0 Å². The fourth-order valence-corrected chi connectivity index (χ4v) is 3.05. The van der Waals surface area contributed by atoms with E-state index in [1.165, 1.54) is 16.3 Å². The topological polar surface area (TPSA) is 61.6 Å². The minimum absolute atomic E-state index is 0.553. The molecule has 0 radical (unpaired) electrons. The summed E-state index contributed by atoms with van der Waals surface area (Å²) in [6, 6.07) is 19.0. The summed E-state index contributed by atoms with van der Waals surface area (Å²) < 4.78 is 0. The number of rotatable bonds is 4. The van der Waals surface area contributed by atoms with E-state index < -0.39 is 0 Å². The zero-order chi connectivity index (χ0) is 17.1. The Bertz CT molecular complexity index is 1100. The van der Waals surface area contributed by atoms with Crippen LogP contribution in [0.5, 0.6) is 0 Å². The summed E-state index contributed by atoms with van der Waals surface area (Å²) in [4.78, 5) is 8.38. The maximum atomic E-state index is 9.37. The molecule has 2 aromatic carbocycles. The second-order valence-electron chi connectivity index (χ2n) is 5.91. The summed E-state index contributed by atoms with van der Waals surface area (Å²) in [5, 5.41) is 16.2. The van der Waals surface area contributed by atoms with E-state index in [1.54, 1.807) is 18.6 Å². The van der Waals surface area contributed by atoms with Gasteiger partial charge in [0.1, 0.15) is 6.07 Å². The lowest BCUT2D eigenvalue weighted by Crippen LogP contribution is -2.07. The molecular weight excluding hydrogens is 308 g/mol. The van der Waals surface area contributed by atoms with Crippen LogP contribution in [0.3, 0.4) is 0 Å². The number of nitriles is 1. The summed E-state index contributed by atoms with van der Waals surface area (Å²) >= 11 is 0. The van der Waals surface area contributed by atoms with Gasteiger partial charge in [-0.2, -0.15) is 5.26 Å². The Morgan fingerprint density at radius 1 is 1.00 bits per heavy atom. The highest BCUT2D eigenvalue weighted by Crippen LogP contribution is 2.25. The predicted octanol–water partition coefficient (Wildman–Crippen LogP) is 4.31. The van der Waals surface area contributed by atoms with Crippen molar-refractivity contribution in [1.29, 1.82) is 5.26 Å². The van der Waals surface area contributed by atoms with Gasteiger partial charge in [0, 0.05) is 24.3 Å². The third-order valence-electron chi connectivity index (χ3n) is 4.32. The highest BCUT2D eigenvalue weighted by Gasteiger charge is 2.08. The van der Waals surface area contributed by atoms with E-state index >= 15 is 0 Å². The molecule has 0 saturated carbocycles. The summed E-state index contributed by atoms with van der Waals surface area (Å²) in [7, 11) is 0. The molecule has 0 amide bonds. The molecule has 4 aromatic rings. The Hall–Kier alpha value is -3.45. The van der Waals surface area contributed by atoms with Crippen molar-refractivity contribution >= 4 is 27.4 Å². The number of nitrogens with zero attached hydrogens (tertiary/aromatic N) is 3. The van der Waals surface area contributed by atoms with Crippen LogP contribution in [0.1, 0.15) is 11.1 Å². The van der Waals surface area contributed by atoms with Gasteiger partial charge in [0.05, 0.1) is 23.0 Å². The molecule has 0 aliphatic carbocycles. The number of hydrogen-bond donors (Lipinski definition) is 1. The standard InChI is InChI=1S/C21H16N4/c22-12-18-13-25-20-14-23-9-8-19(20)21(18)24-10-7-15-5-6-16-3-1-2-4-17(16)11-15/h1-6,8-9,11,13-14H,7,10H2,(H,24,25). The predicted molar refractivity (Wildman–Crippen MR) is 100 cm³/mol. The van der Waals surface area contributed by atoms with Crippen LogP contribution in [0.2, 0.25) is 0 Å². The van der Waals surface area contributed by atoms with E-state index in [4.69, 9.17) is 0 Å². The van der Waals surface area contributed by atoms with Gasteiger partial charge < -0.3 is 5.32 Å². The molecule has 4 rings (SSSR count). The van der Waals surface area contributed by atoms with Crippen molar-refractivity contribution in [2.75, 3.05) is 11.9 Å². The molecule has 0 aliphatic rings. The molecule has 0 aliphatic heterocycles. The molecule has 0 spiro atoms. The van der Waals surface area contributed by atoms with Crippen molar-refractivity contribution in [3.8, 4) is 6.07 Å². The molecule has 0 fully saturated rings. The number of anilines is 1. The van der Waals surface area contributed by atoms with E-state index in [0.717, 1.165) is 29.6 Å². The number of hydrogen-bond acceptors (Lipinski definition) is 4. The van der Waals surface area contributed by atoms with Gasteiger partial charge in [-0.1, -0.05) is 42.5 Å². The molecule has 2 heterocycles. The van der Waals surface area contributed by atoms with Crippen LogP contribution < -0.4 is 5.32 Å². The van der Waals surface area contributed by atoms with Crippen molar-refractivity contribution in [1.82, 2.24) is 9.97 Å². The van der Waals surface area contributed by atoms with Crippen molar-refractivity contribution in [2.45, 2.75) is 6.42 Å². The molecule has 1 N–H and O–H groups in total. The van der Waals surface area contributed by atoms with Crippen molar-refractivity contribution < 1.29 is 0 Å². The third kappa shape index (κ3) is 3.00. The van der Waals surface area contributed by atoms with Gasteiger partial charge in [-0.25, -0.2) is 0 Å². The zero-order valence-electron chi connectivity index (χ0n) is 13.6. The Morgan fingerprint density at radius 3 is 2.76 bits per heavy atom. The van der Waals surface area contributed by atoms with Crippen molar-refractivity contribution in [3.63, 3.8) is 0 Å². The monoisotopic (exact) mass is 324 g/mol. The van der Waals surface area contributed by atoms with Gasteiger partial charge >= 0.3 is 0 Å². The van der Waals surface area contributed by atoms with Gasteiger partial charge in [0.25, 0.3) is 0 Å². The largest absolute Gasteiger partial charge is 0.383 e. The van der Waals surface area contributed by atoms with Crippen molar-refractivity contribution in [3.05, 3.63) is 78.2 Å². The lowest BCUT2D eigenvalue weighted by Gasteiger charge is -2.11. The number of benzene rings is 2. The summed E-state index contributed by atoms with van der Waals surface area (Å²) in [6.07, 6.45) is 5.91. The normalized spacial score (nSPS) is 10.7. The van der Waals surface area contributed by atoms with Crippen LogP contribution >= 0.6 is 0 Å². The van der Waals surface area contributed by atoms with Gasteiger partial charge in [-0.05, 0) is 28.8 Å². The van der Waals surface area contributed by atoms with Crippen LogP contribution in [0, 0.1) is 11.3 Å². The quantitative estimate of drug-likeness (QED) is 0.607. The molecule has 4 nitrogen and oxygen atoms in total. The van der Waals surface area contributed by atoms with Crippen LogP contribution in [0.15, 0.2) is 67.1 Å². The molecule has 0 atom stereocenters. The minimum Gasteiger partial charge on any atom is -0.383 e. The summed E-state index contributed by atoms with van der Waals surface area (Å²) in [6.45, 7) is 0.745. The van der Waals surface area contributed by atoms with E-state index in [2.05, 4.69) is 63.8 Å². The third-order valence-corrected chi connectivity index (χ3v) is 4.32. The molecule has 120 valence electrons. The maximum absolute atomic E-state index is 9.37. The fraction of sp³-hybridized carbons (Fsp3) is 0.0952. The Kier molecular flexibility index (Phi) is 3.97. The van der Waals surface area contributed by atoms with Crippen LogP contribution in [0.25, 0.3) is 21.7 Å². The summed E-state index contributed by atoms with van der Waals surface area (Å²) in [5.41, 5.74) is 3.44. The first-order valence-corrected chi connectivity index (χ1v) is 8.19. The van der Waals surface area contributed by atoms with Crippen molar-refractivity contribution in [2.24, 2.45) is 0 Å². The second-order valence-corrected chi connectivity index (χ2v) is 5.91. The minimum atomic E-state index is 0.553. The molecule has 0 bridgehead atoms.